The van der Waals surface area contributed by atoms with Gasteiger partial charge in [0, 0.05) is 37.6 Å². The normalized spacial score (nSPS) is 17.2. The predicted octanol–water partition coefficient (Wildman–Crippen LogP) is 1.84. The minimum atomic E-state index is -0.398. The first kappa shape index (κ1) is 17.2. The molecule has 2 amide bonds. The Morgan fingerprint density at radius 2 is 1.96 bits per heavy atom. The SMILES string of the molecule is Cc1nn(C)c(C)c1CC(=O)N(C)[C@@H]1CCN(c2ccccc2)C1=O. The van der Waals surface area contributed by atoms with E-state index in [9.17, 15) is 9.59 Å². The van der Waals surface area contributed by atoms with Crippen LogP contribution in [0.3, 0.4) is 0 Å². The minimum absolute atomic E-state index is 0.0123. The fraction of sp³-hybridized carbons (Fsp3) is 0.421. The van der Waals surface area contributed by atoms with E-state index < -0.39 is 6.04 Å². The zero-order chi connectivity index (χ0) is 18.1. The third-order valence-corrected chi connectivity index (χ3v) is 5.09. The number of benzene rings is 1. The number of rotatable bonds is 4. The number of para-hydroxylation sites is 1. The standard InChI is InChI=1S/C19H24N4O2/c1-13-16(14(2)22(4)20-13)12-18(24)21(3)17-10-11-23(19(17)25)15-8-6-5-7-9-15/h5-9,17H,10-12H2,1-4H3/t17-/m1/s1. The molecular weight excluding hydrogens is 316 g/mol. The smallest absolute Gasteiger partial charge is 0.249 e. The number of likely N-dealkylation sites (N-methyl/N-ethyl adjacent to an activating group) is 1. The van der Waals surface area contributed by atoms with Gasteiger partial charge in [0.2, 0.25) is 11.8 Å². The van der Waals surface area contributed by atoms with Crippen LogP contribution in [0.2, 0.25) is 0 Å². The van der Waals surface area contributed by atoms with Gasteiger partial charge in [0.25, 0.3) is 0 Å². The highest BCUT2D eigenvalue weighted by Crippen LogP contribution is 2.24. The van der Waals surface area contributed by atoms with Crippen molar-refractivity contribution in [2.75, 3.05) is 18.5 Å². The highest BCUT2D eigenvalue weighted by Gasteiger charge is 2.37. The van der Waals surface area contributed by atoms with Gasteiger partial charge in [0.15, 0.2) is 0 Å². The fourth-order valence-corrected chi connectivity index (χ4v) is 3.41. The summed E-state index contributed by atoms with van der Waals surface area (Å²) in [5, 5.41) is 4.36. The van der Waals surface area contributed by atoms with E-state index in [1.54, 1.807) is 21.5 Å². The molecule has 6 heteroatoms. The molecule has 0 saturated carbocycles. The van der Waals surface area contributed by atoms with Gasteiger partial charge in [-0.15, -0.1) is 0 Å². The maximum Gasteiger partial charge on any atom is 0.249 e. The number of hydrogen-bond donors (Lipinski definition) is 0. The Kier molecular flexibility index (Phi) is 4.61. The summed E-state index contributed by atoms with van der Waals surface area (Å²) < 4.78 is 1.79. The van der Waals surface area contributed by atoms with Gasteiger partial charge in [-0.1, -0.05) is 18.2 Å². The van der Waals surface area contributed by atoms with E-state index in [1.807, 2.05) is 51.2 Å². The van der Waals surface area contributed by atoms with Gasteiger partial charge in [0.1, 0.15) is 6.04 Å². The molecule has 0 bridgehead atoms. The van der Waals surface area contributed by atoms with E-state index in [1.165, 1.54) is 0 Å². The van der Waals surface area contributed by atoms with Crippen molar-refractivity contribution in [2.45, 2.75) is 32.7 Å². The van der Waals surface area contributed by atoms with Crippen molar-refractivity contribution in [3.63, 3.8) is 0 Å². The van der Waals surface area contributed by atoms with Crippen molar-refractivity contribution >= 4 is 17.5 Å². The second-order valence-corrected chi connectivity index (χ2v) is 6.58. The van der Waals surface area contributed by atoms with Crippen LogP contribution in [0.4, 0.5) is 5.69 Å². The molecule has 1 aromatic carbocycles. The van der Waals surface area contributed by atoms with Gasteiger partial charge >= 0.3 is 0 Å². The maximum atomic E-state index is 12.8. The number of amides is 2. The zero-order valence-electron chi connectivity index (χ0n) is 15.2. The lowest BCUT2D eigenvalue weighted by Crippen LogP contribution is -2.43. The van der Waals surface area contributed by atoms with Crippen molar-refractivity contribution < 1.29 is 9.59 Å². The first-order chi connectivity index (χ1) is 11.9. The Labute approximate surface area is 148 Å². The second-order valence-electron chi connectivity index (χ2n) is 6.58. The lowest BCUT2D eigenvalue weighted by molar-refractivity contribution is -0.136. The van der Waals surface area contributed by atoms with Crippen LogP contribution in [-0.2, 0) is 23.1 Å². The van der Waals surface area contributed by atoms with Crippen LogP contribution in [0.1, 0.15) is 23.4 Å². The van der Waals surface area contributed by atoms with Crippen molar-refractivity contribution in [3.8, 4) is 0 Å². The number of anilines is 1. The maximum absolute atomic E-state index is 12.8. The van der Waals surface area contributed by atoms with Crippen LogP contribution in [0.5, 0.6) is 0 Å². The second kappa shape index (κ2) is 6.70. The predicted molar refractivity (Wildman–Crippen MR) is 96.4 cm³/mol. The molecule has 0 N–H and O–H groups in total. The molecule has 0 spiro atoms. The summed E-state index contributed by atoms with van der Waals surface area (Å²) >= 11 is 0. The third-order valence-electron chi connectivity index (χ3n) is 5.09. The topological polar surface area (TPSA) is 58.4 Å². The van der Waals surface area contributed by atoms with Crippen LogP contribution in [0.25, 0.3) is 0 Å². The molecule has 1 aliphatic rings. The molecule has 132 valence electrons. The Morgan fingerprint density at radius 3 is 2.56 bits per heavy atom. The molecule has 0 radical (unpaired) electrons. The lowest BCUT2D eigenvalue weighted by atomic mass is 10.1. The summed E-state index contributed by atoms with van der Waals surface area (Å²) in [6, 6.07) is 9.20. The van der Waals surface area contributed by atoms with Crippen molar-refractivity contribution in [1.82, 2.24) is 14.7 Å². The van der Waals surface area contributed by atoms with Gasteiger partial charge < -0.3 is 9.80 Å². The van der Waals surface area contributed by atoms with E-state index >= 15 is 0 Å². The van der Waals surface area contributed by atoms with Crippen molar-refractivity contribution in [1.29, 1.82) is 0 Å². The number of aromatic nitrogens is 2. The van der Waals surface area contributed by atoms with E-state index in [0.29, 0.717) is 13.0 Å². The summed E-state index contributed by atoms with van der Waals surface area (Å²) in [4.78, 5) is 28.8. The van der Waals surface area contributed by atoms with E-state index in [0.717, 1.165) is 22.6 Å². The summed E-state index contributed by atoms with van der Waals surface area (Å²) in [6.45, 7) is 4.50. The molecular formula is C19H24N4O2. The van der Waals surface area contributed by atoms with Crippen LogP contribution < -0.4 is 4.90 Å². The summed E-state index contributed by atoms with van der Waals surface area (Å²) in [6.07, 6.45) is 0.929. The van der Waals surface area contributed by atoms with Crippen LogP contribution in [0.15, 0.2) is 30.3 Å². The molecule has 3 rings (SSSR count). The average molecular weight is 340 g/mol. The Morgan fingerprint density at radius 1 is 1.28 bits per heavy atom. The summed E-state index contributed by atoms with van der Waals surface area (Å²) in [7, 11) is 3.60. The van der Waals surface area contributed by atoms with E-state index in [2.05, 4.69) is 5.10 Å². The first-order valence-electron chi connectivity index (χ1n) is 8.51. The molecule has 2 aromatic rings. The van der Waals surface area contributed by atoms with Crippen molar-refractivity contribution in [2.24, 2.45) is 7.05 Å². The molecule has 1 aliphatic heterocycles. The lowest BCUT2D eigenvalue weighted by Gasteiger charge is -2.24. The number of hydrogen-bond acceptors (Lipinski definition) is 3. The molecule has 1 atom stereocenters. The molecule has 1 saturated heterocycles. The molecule has 1 fully saturated rings. The van der Waals surface area contributed by atoms with Gasteiger partial charge in [0.05, 0.1) is 12.1 Å². The molecule has 1 aromatic heterocycles. The Bertz CT molecular complexity index is 797. The van der Waals surface area contributed by atoms with E-state index in [-0.39, 0.29) is 18.2 Å². The van der Waals surface area contributed by atoms with Gasteiger partial charge in [-0.3, -0.25) is 14.3 Å². The fourth-order valence-electron chi connectivity index (χ4n) is 3.41. The number of carbonyl (C=O) groups excluding carboxylic acids is 2. The average Bonchev–Trinajstić information content (AvgIpc) is 3.10. The first-order valence-corrected chi connectivity index (χ1v) is 8.51. The zero-order valence-corrected chi connectivity index (χ0v) is 15.2. The van der Waals surface area contributed by atoms with Crippen molar-refractivity contribution in [3.05, 3.63) is 47.3 Å². The largest absolute Gasteiger partial charge is 0.333 e. The van der Waals surface area contributed by atoms with Gasteiger partial charge in [-0.25, -0.2) is 0 Å². The molecule has 6 nitrogen and oxygen atoms in total. The Hall–Kier alpha value is -2.63. The third kappa shape index (κ3) is 3.16. The number of aryl methyl sites for hydroxylation is 2. The summed E-state index contributed by atoms with van der Waals surface area (Å²) in [5.74, 6) is -0.0610. The molecule has 0 unspecified atom stereocenters. The molecule has 2 heterocycles. The minimum Gasteiger partial charge on any atom is -0.333 e. The van der Waals surface area contributed by atoms with Crippen LogP contribution >= 0.6 is 0 Å². The quantitative estimate of drug-likeness (QED) is 0.853. The molecule has 0 aliphatic carbocycles. The summed E-state index contributed by atoms with van der Waals surface area (Å²) in [5.41, 5.74) is 3.69. The highest BCUT2D eigenvalue weighted by molar-refractivity contribution is 6.01. The Balaban J connectivity index is 1.72. The number of nitrogens with zero attached hydrogens (tertiary/aromatic N) is 4. The van der Waals surface area contributed by atoms with Gasteiger partial charge in [-0.05, 0) is 32.4 Å². The molecule has 25 heavy (non-hydrogen) atoms. The monoisotopic (exact) mass is 340 g/mol. The highest BCUT2D eigenvalue weighted by atomic mass is 16.2. The van der Waals surface area contributed by atoms with Crippen LogP contribution in [-0.4, -0.2) is 46.1 Å². The number of carbonyl (C=O) groups is 2. The van der Waals surface area contributed by atoms with Gasteiger partial charge in [-0.2, -0.15) is 5.10 Å². The van der Waals surface area contributed by atoms with E-state index in [4.69, 9.17) is 0 Å². The van der Waals surface area contributed by atoms with Crippen LogP contribution in [0, 0.1) is 13.8 Å².